The molecule has 0 amide bonds. The molecule has 0 aliphatic heterocycles. The number of ketones is 1. The number of carboxylic acids is 1. The fourth-order valence-corrected chi connectivity index (χ4v) is 0.961. The van der Waals surface area contributed by atoms with Crippen LogP contribution in [0, 0.1) is 0 Å². The maximum absolute atomic E-state index is 10.7. The molecule has 0 bridgehead atoms. The highest BCUT2D eigenvalue weighted by atomic mass is 16.4. The highest BCUT2D eigenvalue weighted by molar-refractivity contribution is 6.32. The van der Waals surface area contributed by atoms with Crippen LogP contribution in [0.1, 0.15) is 6.42 Å². The van der Waals surface area contributed by atoms with Crippen molar-refractivity contribution in [2.75, 3.05) is 6.61 Å². The van der Waals surface area contributed by atoms with E-state index in [1.165, 1.54) is 0 Å². The number of aliphatic carboxylic acids is 1. The third-order valence-electron chi connectivity index (χ3n) is 1.96. The average Bonchev–Trinajstić information content (AvgIpc) is 2.25. The van der Waals surface area contributed by atoms with Crippen LogP contribution in [-0.2, 0) is 9.59 Å². The lowest BCUT2D eigenvalue weighted by Crippen LogP contribution is -2.46. The van der Waals surface area contributed by atoms with Crippen LogP contribution < -0.4 is 0 Å². The predicted molar refractivity (Wildman–Crippen MR) is 48.4 cm³/mol. The van der Waals surface area contributed by atoms with Crippen molar-refractivity contribution in [3.63, 3.8) is 0 Å². The average molecular weight is 238 g/mol. The summed E-state index contributed by atoms with van der Waals surface area (Å²) in [7, 11) is 0. The molecule has 16 heavy (non-hydrogen) atoms. The number of aliphatic hydroxyl groups is 5. The molecule has 0 unspecified atom stereocenters. The summed E-state index contributed by atoms with van der Waals surface area (Å²) >= 11 is 0. The summed E-state index contributed by atoms with van der Waals surface area (Å²) in [6.07, 6.45) is -8.22. The molecule has 0 spiro atoms. The van der Waals surface area contributed by atoms with E-state index in [-0.39, 0.29) is 0 Å². The van der Waals surface area contributed by atoms with E-state index in [0.717, 1.165) is 0 Å². The van der Waals surface area contributed by atoms with Crippen LogP contribution >= 0.6 is 0 Å². The Kier molecular flexibility index (Phi) is 6.08. The molecule has 6 N–H and O–H groups in total. The fourth-order valence-electron chi connectivity index (χ4n) is 0.961. The van der Waals surface area contributed by atoms with Gasteiger partial charge in [-0.1, -0.05) is 0 Å². The summed E-state index contributed by atoms with van der Waals surface area (Å²) in [4.78, 5) is 20.8. The molecule has 0 heterocycles. The summed E-state index contributed by atoms with van der Waals surface area (Å²) in [5.41, 5.74) is 0. The van der Waals surface area contributed by atoms with E-state index in [1.807, 2.05) is 0 Å². The van der Waals surface area contributed by atoms with Gasteiger partial charge in [-0.05, 0) is 0 Å². The van der Waals surface area contributed by atoms with Crippen molar-refractivity contribution < 1.29 is 40.2 Å². The van der Waals surface area contributed by atoms with Gasteiger partial charge in [-0.3, -0.25) is 4.79 Å². The topological polar surface area (TPSA) is 156 Å². The molecular weight excluding hydrogens is 224 g/mol. The first-order valence-electron chi connectivity index (χ1n) is 4.40. The van der Waals surface area contributed by atoms with Gasteiger partial charge in [0, 0.05) is 6.42 Å². The second-order valence-electron chi connectivity index (χ2n) is 3.23. The molecule has 0 aliphatic rings. The zero-order valence-electron chi connectivity index (χ0n) is 8.22. The van der Waals surface area contributed by atoms with Crippen LogP contribution in [0.5, 0.6) is 0 Å². The lowest BCUT2D eigenvalue weighted by molar-refractivity contribution is -0.153. The Morgan fingerprint density at radius 1 is 0.938 bits per heavy atom. The Hall–Kier alpha value is -1.06. The van der Waals surface area contributed by atoms with Gasteiger partial charge >= 0.3 is 5.97 Å². The van der Waals surface area contributed by atoms with E-state index in [4.69, 9.17) is 25.5 Å². The molecular formula is C8H14O8. The number of carbonyl (C=O) groups is 2. The van der Waals surface area contributed by atoms with Gasteiger partial charge in [0.05, 0.1) is 12.7 Å². The number of aliphatic hydroxyl groups excluding tert-OH is 5. The summed E-state index contributed by atoms with van der Waals surface area (Å²) in [6.45, 7) is -0.849. The van der Waals surface area contributed by atoms with E-state index in [0.29, 0.717) is 0 Å². The maximum atomic E-state index is 10.7. The smallest absolute Gasteiger partial charge is 0.372 e. The highest BCUT2D eigenvalue weighted by Crippen LogP contribution is 2.08. The number of hydrogen-bond acceptors (Lipinski definition) is 7. The minimum absolute atomic E-state index is 0.849. The van der Waals surface area contributed by atoms with Gasteiger partial charge in [0.1, 0.15) is 18.3 Å². The monoisotopic (exact) mass is 238 g/mol. The molecule has 0 aromatic carbocycles. The number of Topliss-reactive ketones (excluding diaryl/α,β-unsaturated/α-hetero) is 1. The molecule has 94 valence electrons. The Labute approximate surface area is 90.4 Å². The first-order chi connectivity index (χ1) is 7.31. The fraction of sp³-hybridized carbons (Fsp3) is 0.750. The van der Waals surface area contributed by atoms with E-state index in [2.05, 4.69) is 0 Å². The van der Waals surface area contributed by atoms with Crippen molar-refractivity contribution in [3.05, 3.63) is 0 Å². The molecule has 0 fully saturated rings. The van der Waals surface area contributed by atoms with E-state index < -0.39 is 49.2 Å². The lowest BCUT2D eigenvalue weighted by atomic mass is 9.99. The predicted octanol–water partition coefficient (Wildman–Crippen LogP) is -3.53. The minimum Gasteiger partial charge on any atom is -0.475 e. The van der Waals surface area contributed by atoms with Crippen LogP contribution in [0.3, 0.4) is 0 Å². The van der Waals surface area contributed by atoms with Crippen molar-refractivity contribution >= 4 is 11.8 Å². The number of carbonyl (C=O) groups excluding carboxylic acids is 1. The second-order valence-corrected chi connectivity index (χ2v) is 3.23. The van der Waals surface area contributed by atoms with E-state index >= 15 is 0 Å². The summed E-state index contributed by atoms with van der Waals surface area (Å²) in [5, 5.41) is 53.1. The molecule has 0 aromatic rings. The van der Waals surface area contributed by atoms with Gasteiger partial charge in [-0.25, -0.2) is 4.79 Å². The van der Waals surface area contributed by atoms with Crippen molar-refractivity contribution in [3.8, 4) is 0 Å². The lowest BCUT2D eigenvalue weighted by Gasteiger charge is -2.24. The molecule has 0 saturated heterocycles. The Morgan fingerprint density at radius 3 is 1.75 bits per heavy atom. The highest BCUT2D eigenvalue weighted by Gasteiger charge is 2.32. The SMILES string of the molecule is O=C(O)C(=O)C[C@H](O)[C@H](O)[C@@H](O)[C@@H](O)CO. The summed E-state index contributed by atoms with van der Waals surface area (Å²) < 4.78 is 0. The van der Waals surface area contributed by atoms with E-state index in [1.54, 1.807) is 0 Å². The largest absolute Gasteiger partial charge is 0.475 e. The van der Waals surface area contributed by atoms with Gasteiger partial charge in [0.25, 0.3) is 0 Å². The molecule has 0 saturated carbocycles. The third-order valence-corrected chi connectivity index (χ3v) is 1.96. The third kappa shape index (κ3) is 4.21. The van der Waals surface area contributed by atoms with Crippen molar-refractivity contribution in [2.45, 2.75) is 30.8 Å². The van der Waals surface area contributed by atoms with Crippen LogP contribution in [0.4, 0.5) is 0 Å². The normalized spacial score (nSPS) is 18.6. The molecule has 0 aliphatic carbocycles. The summed E-state index contributed by atoms with van der Waals surface area (Å²) in [5.74, 6) is -3.11. The Balaban J connectivity index is 4.32. The quantitative estimate of drug-likeness (QED) is 0.249. The van der Waals surface area contributed by atoms with Crippen molar-refractivity contribution in [1.82, 2.24) is 0 Å². The zero-order valence-corrected chi connectivity index (χ0v) is 8.22. The minimum atomic E-state index is -1.93. The van der Waals surface area contributed by atoms with E-state index in [9.17, 15) is 14.7 Å². The maximum Gasteiger partial charge on any atom is 0.372 e. The molecule has 4 atom stereocenters. The standard InChI is InChI=1S/C8H14O8/c9-2-5(12)7(14)6(13)3(10)1-4(11)8(15)16/h3,5-7,9-10,12-14H,1-2H2,(H,15,16)/t3-,5-,6-,7-/m0/s1. The molecule has 0 radical (unpaired) electrons. The molecule has 8 heteroatoms. The first kappa shape index (κ1) is 14.9. The Morgan fingerprint density at radius 2 is 1.38 bits per heavy atom. The molecule has 8 nitrogen and oxygen atoms in total. The van der Waals surface area contributed by atoms with Gasteiger partial charge in [-0.2, -0.15) is 0 Å². The van der Waals surface area contributed by atoms with Crippen LogP contribution in [0.25, 0.3) is 0 Å². The van der Waals surface area contributed by atoms with Crippen LogP contribution in [0.15, 0.2) is 0 Å². The van der Waals surface area contributed by atoms with Gasteiger partial charge in [-0.15, -0.1) is 0 Å². The van der Waals surface area contributed by atoms with Crippen molar-refractivity contribution in [1.29, 1.82) is 0 Å². The van der Waals surface area contributed by atoms with Crippen molar-refractivity contribution in [2.24, 2.45) is 0 Å². The van der Waals surface area contributed by atoms with Crippen LogP contribution in [0.2, 0.25) is 0 Å². The number of carboxylic acid groups (broad SMARTS) is 1. The number of rotatable bonds is 7. The zero-order chi connectivity index (χ0) is 12.9. The summed E-state index contributed by atoms with van der Waals surface area (Å²) in [6, 6.07) is 0. The number of hydrogen-bond donors (Lipinski definition) is 6. The molecule has 0 aromatic heterocycles. The van der Waals surface area contributed by atoms with Crippen LogP contribution in [-0.4, -0.2) is 73.4 Å². The van der Waals surface area contributed by atoms with Gasteiger partial charge in [0.15, 0.2) is 0 Å². The first-order valence-corrected chi connectivity index (χ1v) is 4.40. The second kappa shape index (κ2) is 6.51. The van der Waals surface area contributed by atoms with Gasteiger partial charge < -0.3 is 30.6 Å². The molecule has 0 rings (SSSR count). The Bertz CT molecular complexity index is 252. The van der Waals surface area contributed by atoms with Gasteiger partial charge in [0.2, 0.25) is 5.78 Å².